The minimum absolute atomic E-state index is 0.835. The third-order valence-electron chi connectivity index (χ3n) is 2.54. The topological polar surface area (TPSA) is 21.3 Å². The molecule has 1 aliphatic heterocycles. The van der Waals surface area contributed by atoms with Gasteiger partial charge in [0, 0.05) is 6.54 Å². The zero-order valence-corrected chi connectivity index (χ0v) is 9.35. The fourth-order valence-electron chi connectivity index (χ4n) is 1.66. The molecule has 0 atom stereocenters. The molecule has 2 nitrogen and oxygen atoms in total. The number of ether oxygens (including phenoxy) is 1. The zero-order valence-electron chi connectivity index (χ0n) is 9.35. The van der Waals surface area contributed by atoms with Crippen LogP contribution in [0.25, 0.3) is 0 Å². The molecule has 0 aromatic heterocycles. The van der Waals surface area contributed by atoms with Gasteiger partial charge < -0.3 is 10.1 Å². The van der Waals surface area contributed by atoms with Gasteiger partial charge in [-0.1, -0.05) is 32.3 Å². The van der Waals surface area contributed by atoms with Crippen LogP contribution in [0.3, 0.4) is 0 Å². The molecule has 0 amide bonds. The van der Waals surface area contributed by atoms with Crippen molar-refractivity contribution in [2.24, 2.45) is 0 Å². The van der Waals surface area contributed by atoms with Crippen molar-refractivity contribution in [3.05, 3.63) is 11.6 Å². The molecule has 0 saturated heterocycles. The van der Waals surface area contributed by atoms with Crippen LogP contribution in [-0.4, -0.2) is 26.3 Å². The standard InChI is InChI=1S/C12H23NO/c1-2-3-4-5-8-13-10-12-7-6-9-14-11-12/h7,13H,2-6,8-11H2,1H3. The van der Waals surface area contributed by atoms with E-state index in [9.17, 15) is 0 Å². The maximum absolute atomic E-state index is 5.37. The molecular formula is C12H23NO. The molecule has 0 saturated carbocycles. The van der Waals surface area contributed by atoms with E-state index in [0.29, 0.717) is 0 Å². The number of hydrogen-bond donors (Lipinski definition) is 1. The van der Waals surface area contributed by atoms with Gasteiger partial charge in [0.2, 0.25) is 0 Å². The Morgan fingerprint density at radius 3 is 3.00 bits per heavy atom. The lowest BCUT2D eigenvalue weighted by molar-refractivity contribution is 0.149. The summed E-state index contributed by atoms with van der Waals surface area (Å²) in [5.41, 5.74) is 1.42. The van der Waals surface area contributed by atoms with Crippen molar-refractivity contribution in [2.75, 3.05) is 26.3 Å². The third kappa shape index (κ3) is 5.40. The summed E-state index contributed by atoms with van der Waals surface area (Å²) in [6.07, 6.45) is 8.75. The lowest BCUT2D eigenvalue weighted by atomic mass is 10.2. The van der Waals surface area contributed by atoms with E-state index < -0.39 is 0 Å². The van der Waals surface area contributed by atoms with Crippen LogP contribution in [0.5, 0.6) is 0 Å². The van der Waals surface area contributed by atoms with E-state index in [1.54, 1.807) is 0 Å². The smallest absolute Gasteiger partial charge is 0.0689 e. The molecule has 0 unspecified atom stereocenters. The van der Waals surface area contributed by atoms with Gasteiger partial charge in [-0.25, -0.2) is 0 Å². The Labute approximate surface area is 87.7 Å². The highest BCUT2D eigenvalue weighted by atomic mass is 16.5. The van der Waals surface area contributed by atoms with E-state index in [2.05, 4.69) is 18.3 Å². The van der Waals surface area contributed by atoms with E-state index in [1.165, 1.54) is 31.3 Å². The molecule has 2 heteroatoms. The van der Waals surface area contributed by atoms with Gasteiger partial charge in [-0.3, -0.25) is 0 Å². The highest BCUT2D eigenvalue weighted by Gasteiger charge is 2.02. The van der Waals surface area contributed by atoms with Crippen LogP contribution in [0.1, 0.15) is 39.0 Å². The van der Waals surface area contributed by atoms with Gasteiger partial charge in [0.25, 0.3) is 0 Å². The Kier molecular flexibility index (Phi) is 6.71. The van der Waals surface area contributed by atoms with Crippen LogP contribution < -0.4 is 5.32 Å². The van der Waals surface area contributed by atoms with E-state index in [1.807, 2.05) is 0 Å². The van der Waals surface area contributed by atoms with Gasteiger partial charge in [0.15, 0.2) is 0 Å². The fraction of sp³-hybridized carbons (Fsp3) is 0.833. The zero-order chi connectivity index (χ0) is 10.1. The van der Waals surface area contributed by atoms with Gasteiger partial charge >= 0.3 is 0 Å². The minimum Gasteiger partial charge on any atom is -0.377 e. The van der Waals surface area contributed by atoms with Crippen molar-refractivity contribution in [1.29, 1.82) is 0 Å². The minimum atomic E-state index is 0.835. The average Bonchev–Trinajstić information content (AvgIpc) is 2.25. The predicted molar refractivity (Wildman–Crippen MR) is 60.5 cm³/mol. The van der Waals surface area contributed by atoms with Gasteiger partial charge in [0.1, 0.15) is 0 Å². The number of unbranched alkanes of at least 4 members (excludes halogenated alkanes) is 3. The monoisotopic (exact) mass is 197 g/mol. The van der Waals surface area contributed by atoms with Crippen molar-refractivity contribution >= 4 is 0 Å². The van der Waals surface area contributed by atoms with Gasteiger partial charge in [-0.15, -0.1) is 0 Å². The number of hydrogen-bond acceptors (Lipinski definition) is 2. The van der Waals surface area contributed by atoms with E-state index in [-0.39, 0.29) is 0 Å². The molecule has 0 aliphatic carbocycles. The van der Waals surface area contributed by atoms with Crippen molar-refractivity contribution in [2.45, 2.75) is 39.0 Å². The Hall–Kier alpha value is -0.340. The fourth-order valence-corrected chi connectivity index (χ4v) is 1.66. The van der Waals surface area contributed by atoms with E-state index >= 15 is 0 Å². The first-order chi connectivity index (χ1) is 6.93. The summed E-state index contributed by atoms with van der Waals surface area (Å²) in [6.45, 7) is 6.16. The van der Waals surface area contributed by atoms with Crippen molar-refractivity contribution in [3.8, 4) is 0 Å². The number of nitrogens with one attached hydrogen (secondary N) is 1. The van der Waals surface area contributed by atoms with Gasteiger partial charge in [-0.05, 0) is 25.0 Å². The van der Waals surface area contributed by atoms with Crippen molar-refractivity contribution < 1.29 is 4.74 Å². The molecule has 1 heterocycles. The lowest BCUT2D eigenvalue weighted by Gasteiger charge is -2.14. The van der Waals surface area contributed by atoms with Crippen molar-refractivity contribution in [1.82, 2.24) is 5.32 Å². The summed E-state index contributed by atoms with van der Waals surface area (Å²) in [6, 6.07) is 0. The van der Waals surface area contributed by atoms with Crippen LogP contribution in [0, 0.1) is 0 Å². The molecule has 0 radical (unpaired) electrons. The predicted octanol–water partition coefficient (Wildman–Crippen LogP) is 2.50. The molecule has 82 valence electrons. The summed E-state index contributed by atoms with van der Waals surface area (Å²) in [7, 11) is 0. The molecule has 1 aliphatic rings. The van der Waals surface area contributed by atoms with Crippen LogP contribution in [0.15, 0.2) is 11.6 Å². The Balaban J connectivity index is 1.90. The Morgan fingerprint density at radius 2 is 2.29 bits per heavy atom. The first-order valence-corrected chi connectivity index (χ1v) is 5.90. The van der Waals surface area contributed by atoms with Crippen molar-refractivity contribution in [3.63, 3.8) is 0 Å². The lowest BCUT2D eigenvalue weighted by Crippen LogP contribution is -2.22. The SMILES string of the molecule is CCCCCCNCC1=CCCOC1. The number of rotatable bonds is 7. The van der Waals surface area contributed by atoms with Gasteiger partial charge in [-0.2, -0.15) is 0 Å². The second-order valence-electron chi connectivity index (χ2n) is 3.94. The largest absolute Gasteiger partial charge is 0.377 e. The van der Waals surface area contributed by atoms with Crippen LogP contribution >= 0.6 is 0 Å². The summed E-state index contributed by atoms with van der Waals surface area (Å²) < 4.78 is 5.37. The van der Waals surface area contributed by atoms with Crippen LogP contribution in [0.4, 0.5) is 0 Å². The maximum Gasteiger partial charge on any atom is 0.0689 e. The molecule has 0 aromatic rings. The molecule has 1 N–H and O–H groups in total. The molecule has 0 bridgehead atoms. The maximum atomic E-state index is 5.37. The van der Waals surface area contributed by atoms with Crippen LogP contribution in [-0.2, 0) is 4.74 Å². The molecule has 0 fully saturated rings. The highest BCUT2D eigenvalue weighted by molar-refractivity contribution is 5.06. The second kappa shape index (κ2) is 8.01. The summed E-state index contributed by atoms with van der Waals surface area (Å²) in [5.74, 6) is 0. The second-order valence-corrected chi connectivity index (χ2v) is 3.94. The highest BCUT2D eigenvalue weighted by Crippen LogP contribution is 2.04. The van der Waals surface area contributed by atoms with E-state index in [0.717, 1.165) is 32.7 Å². The molecular weight excluding hydrogens is 174 g/mol. The first kappa shape index (κ1) is 11.7. The summed E-state index contributed by atoms with van der Waals surface area (Å²) in [5, 5.41) is 3.47. The van der Waals surface area contributed by atoms with Gasteiger partial charge in [0.05, 0.1) is 13.2 Å². The molecule has 1 rings (SSSR count). The van der Waals surface area contributed by atoms with Crippen LogP contribution in [0.2, 0.25) is 0 Å². The Morgan fingerprint density at radius 1 is 1.36 bits per heavy atom. The molecule has 0 spiro atoms. The third-order valence-corrected chi connectivity index (χ3v) is 2.54. The molecule has 14 heavy (non-hydrogen) atoms. The first-order valence-electron chi connectivity index (χ1n) is 5.90. The normalized spacial score (nSPS) is 16.8. The molecule has 0 aromatic carbocycles. The summed E-state index contributed by atoms with van der Waals surface area (Å²) in [4.78, 5) is 0. The average molecular weight is 197 g/mol. The summed E-state index contributed by atoms with van der Waals surface area (Å²) >= 11 is 0. The quantitative estimate of drug-likeness (QED) is 0.500. The van der Waals surface area contributed by atoms with E-state index in [4.69, 9.17) is 4.74 Å². The Bertz CT molecular complexity index is 166.